The zero-order valence-electron chi connectivity index (χ0n) is 18.6. The molecule has 1 saturated heterocycles. The summed E-state index contributed by atoms with van der Waals surface area (Å²) in [6.45, 7) is 0.393. The van der Waals surface area contributed by atoms with E-state index in [-0.39, 0.29) is 18.4 Å². The number of likely N-dealkylation sites (tertiary alicyclic amines) is 1. The van der Waals surface area contributed by atoms with Gasteiger partial charge in [-0.25, -0.2) is 4.98 Å². The van der Waals surface area contributed by atoms with Gasteiger partial charge in [0.1, 0.15) is 17.9 Å². The van der Waals surface area contributed by atoms with E-state index < -0.39 is 18.1 Å². The molecule has 2 heterocycles. The minimum absolute atomic E-state index is 0.231. The van der Waals surface area contributed by atoms with Gasteiger partial charge >= 0.3 is 5.97 Å². The fourth-order valence-corrected chi connectivity index (χ4v) is 4.32. The summed E-state index contributed by atoms with van der Waals surface area (Å²) in [4.78, 5) is 43.2. The lowest BCUT2D eigenvalue weighted by molar-refractivity contribution is -0.141. The van der Waals surface area contributed by atoms with Crippen molar-refractivity contribution in [2.75, 3.05) is 18.8 Å². The van der Waals surface area contributed by atoms with Crippen LogP contribution >= 0.6 is 0 Å². The Morgan fingerprint density at radius 3 is 2.71 bits per heavy atom. The van der Waals surface area contributed by atoms with Gasteiger partial charge in [0.15, 0.2) is 0 Å². The molecule has 1 fully saturated rings. The zero-order valence-corrected chi connectivity index (χ0v) is 18.6. The fraction of sp³-hybridized carbons (Fsp3) is 0.280. The molecule has 0 saturated carbocycles. The number of hydrogen-bond acceptors (Lipinski definition) is 6. The Kier molecular flexibility index (Phi) is 7.03. The smallest absolute Gasteiger partial charge is 0.317 e. The van der Waals surface area contributed by atoms with Crippen molar-refractivity contribution < 1.29 is 19.5 Å². The summed E-state index contributed by atoms with van der Waals surface area (Å²) >= 11 is 0. The molecule has 0 bridgehead atoms. The van der Waals surface area contributed by atoms with E-state index in [1.807, 2.05) is 30.3 Å². The largest absolute Gasteiger partial charge is 0.480 e. The molecule has 9 nitrogen and oxygen atoms in total. The molecule has 1 aromatic heterocycles. The lowest BCUT2D eigenvalue weighted by Crippen LogP contribution is -2.49. The molecule has 176 valence electrons. The SMILES string of the molecule is Nc1nccc2cc(CNC(=O)C3CCCN3C(=O)C(NCC(=O)O)c3ccccc3)ccc12. The van der Waals surface area contributed by atoms with E-state index in [1.165, 1.54) is 0 Å². The highest BCUT2D eigenvalue weighted by atomic mass is 16.4. The third-order valence-electron chi connectivity index (χ3n) is 6.00. The molecular weight excluding hydrogens is 434 g/mol. The maximum Gasteiger partial charge on any atom is 0.317 e. The van der Waals surface area contributed by atoms with Crippen LogP contribution in [0.15, 0.2) is 60.8 Å². The van der Waals surface area contributed by atoms with Crippen LogP contribution in [0.4, 0.5) is 5.82 Å². The molecular formula is C25H27N5O4. The first-order valence-corrected chi connectivity index (χ1v) is 11.2. The highest BCUT2D eigenvalue weighted by Gasteiger charge is 2.37. The van der Waals surface area contributed by atoms with Crippen molar-refractivity contribution in [3.05, 3.63) is 71.9 Å². The van der Waals surface area contributed by atoms with Crippen molar-refractivity contribution in [1.82, 2.24) is 20.5 Å². The van der Waals surface area contributed by atoms with E-state index in [1.54, 1.807) is 35.4 Å². The predicted octanol–water partition coefficient (Wildman–Crippen LogP) is 1.84. The van der Waals surface area contributed by atoms with Gasteiger partial charge < -0.3 is 21.1 Å². The lowest BCUT2D eigenvalue weighted by atomic mass is 10.0. The first kappa shape index (κ1) is 23.2. The average molecular weight is 462 g/mol. The maximum absolute atomic E-state index is 13.4. The monoisotopic (exact) mass is 461 g/mol. The number of aliphatic carboxylic acids is 1. The summed E-state index contributed by atoms with van der Waals surface area (Å²) < 4.78 is 0. The molecule has 2 unspecified atom stereocenters. The Labute approximate surface area is 197 Å². The minimum Gasteiger partial charge on any atom is -0.480 e. The molecule has 9 heteroatoms. The quantitative estimate of drug-likeness (QED) is 0.402. The van der Waals surface area contributed by atoms with Crippen LogP contribution in [-0.4, -0.2) is 51.9 Å². The van der Waals surface area contributed by atoms with E-state index in [9.17, 15) is 14.4 Å². The van der Waals surface area contributed by atoms with Crippen molar-refractivity contribution in [2.45, 2.75) is 31.5 Å². The molecule has 1 aliphatic heterocycles. The van der Waals surface area contributed by atoms with Gasteiger partial charge in [0.2, 0.25) is 11.8 Å². The predicted molar refractivity (Wildman–Crippen MR) is 128 cm³/mol. The number of pyridine rings is 1. The van der Waals surface area contributed by atoms with Gasteiger partial charge in [0.25, 0.3) is 0 Å². The number of carboxylic acids is 1. The maximum atomic E-state index is 13.4. The summed E-state index contributed by atoms with van der Waals surface area (Å²) in [6, 6.07) is 15.1. The van der Waals surface area contributed by atoms with Crippen LogP contribution in [0.5, 0.6) is 0 Å². The van der Waals surface area contributed by atoms with Gasteiger partial charge in [0, 0.05) is 24.7 Å². The molecule has 0 spiro atoms. The van der Waals surface area contributed by atoms with Gasteiger partial charge in [-0.05, 0) is 41.5 Å². The van der Waals surface area contributed by atoms with Crippen molar-refractivity contribution in [2.24, 2.45) is 0 Å². The number of nitrogens with zero attached hydrogens (tertiary/aromatic N) is 2. The van der Waals surface area contributed by atoms with Crippen molar-refractivity contribution in [3.8, 4) is 0 Å². The second-order valence-electron chi connectivity index (χ2n) is 8.28. The van der Waals surface area contributed by atoms with Gasteiger partial charge in [-0.2, -0.15) is 0 Å². The molecule has 0 aliphatic carbocycles. The standard InChI is InChI=1S/C25H27N5O4/c26-23-19-9-8-16(13-18(19)10-11-27-23)14-29-24(33)20-7-4-12-30(20)25(34)22(28-15-21(31)32)17-5-2-1-3-6-17/h1-3,5-6,8-11,13,20,22,28H,4,7,12,14-15H2,(H2,26,27)(H,29,33)(H,31,32). The van der Waals surface area contributed by atoms with Crippen LogP contribution in [0.2, 0.25) is 0 Å². The van der Waals surface area contributed by atoms with E-state index in [4.69, 9.17) is 10.8 Å². The van der Waals surface area contributed by atoms with E-state index >= 15 is 0 Å². The molecule has 2 aromatic carbocycles. The van der Waals surface area contributed by atoms with Crippen molar-refractivity contribution in [3.63, 3.8) is 0 Å². The summed E-state index contributed by atoms with van der Waals surface area (Å²) in [6.07, 6.45) is 2.90. The normalized spacial score (nSPS) is 16.4. The number of carboxylic acid groups (broad SMARTS) is 1. The van der Waals surface area contributed by atoms with E-state index in [2.05, 4.69) is 15.6 Å². The molecule has 5 N–H and O–H groups in total. The van der Waals surface area contributed by atoms with Crippen LogP contribution in [0.25, 0.3) is 10.8 Å². The van der Waals surface area contributed by atoms with Crippen LogP contribution in [0.3, 0.4) is 0 Å². The number of amides is 2. The third kappa shape index (κ3) is 5.15. The summed E-state index contributed by atoms with van der Waals surface area (Å²) in [5.41, 5.74) is 7.47. The molecule has 34 heavy (non-hydrogen) atoms. The number of aromatic nitrogens is 1. The summed E-state index contributed by atoms with van der Waals surface area (Å²) in [5, 5.41) is 16.6. The molecule has 3 aromatic rings. The Morgan fingerprint density at radius 1 is 1.15 bits per heavy atom. The number of nitrogens with one attached hydrogen (secondary N) is 2. The third-order valence-corrected chi connectivity index (χ3v) is 6.00. The number of benzene rings is 2. The number of anilines is 1. The highest BCUT2D eigenvalue weighted by Crippen LogP contribution is 2.24. The van der Waals surface area contributed by atoms with Crippen LogP contribution in [0, 0.1) is 0 Å². The number of nitrogen functional groups attached to an aromatic ring is 1. The second kappa shape index (κ2) is 10.3. The second-order valence-corrected chi connectivity index (χ2v) is 8.28. The van der Waals surface area contributed by atoms with Crippen LogP contribution in [-0.2, 0) is 20.9 Å². The van der Waals surface area contributed by atoms with E-state index in [0.29, 0.717) is 37.3 Å². The Morgan fingerprint density at radius 2 is 1.94 bits per heavy atom. The number of nitrogens with two attached hydrogens (primary N) is 1. The average Bonchev–Trinajstić information content (AvgIpc) is 3.33. The number of fused-ring (bicyclic) bond motifs is 1. The lowest BCUT2D eigenvalue weighted by Gasteiger charge is -2.29. The molecule has 0 radical (unpaired) electrons. The number of rotatable bonds is 8. The Hall–Kier alpha value is -3.98. The molecule has 4 rings (SSSR count). The van der Waals surface area contributed by atoms with Crippen molar-refractivity contribution in [1.29, 1.82) is 0 Å². The number of hydrogen-bond donors (Lipinski definition) is 4. The molecule has 1 aliphatic rings. The zero-order chi connectivity index (χ0) is 24.1. The highest BCUT2D eigenvalue weighted by molar-refractivity contribution is 5.92. The van der Waals surface area contributed by atoms with Crippen LogP contribution in [0.1, 0.15) is 30.0 Å². The molecule has 2 atom stereocenters. The minimum atomic E-state index is -1.06. The fourth-order valence-electron chi connectivity index (χ4n) is 4.32. The topological polar surface area (TPSA) is 138 Å². The van der Waals surface area contributed by atoms with Crippen LogP contribution < -0.4 is 16.4 Å². The van der Waals surface area contributed by atoms with Gasteiger partial charge in [-0.1, -0.05) is 42.5 Å². The van der Waals surface area contributed by atoms with Gasteiger partial charge in [-0.15, -0.1) is 0 Å². The molecule has 2 amide bonds. The summed E-state index contributed by atoms with van der Waals surface area (Å²) in [7, 11) is 0. The Balaban J connectivity index is 1.45. The van der Waals surface area contributed by atoms with Crippen molar-refractivity contribution >= 4 is 34.4 Å². The van der Waals surface area contributed by atoms with Gasteiger partial charge in [-0.3, -0.25) is 19.7 Å². The first-order chi connectivity index (χ1) is 16.4. The first-order valence-electron chi connectivity index (χ1n) is 11.2. The number of carbonyl (C=O) groups excluding carboxylic acids is 2. The summed E-state index contributed by atoms with van der Waals surface area (Å²) in [5.74, 6) is -1.14. The Bertz CT molecular complexity index is 1200. The van der Waals surface area contributed by atoms with Gasteiger partial charge in [0.05, 0.1) is 6.54 Å². The van der Waals surface area contributed by atoms with E-state index in [0.717, 1.165) is 16.3 Å². The number of carbonyl (C=O) groups is 3.